The van der Waals surface area contributed by atoms with Gasteiger partial charge in [0.25, 0.3) is 0 Å². The first kappa shape index (κ1) is 18.2. The number of halogens is 1. The van der Waals surface area contributed by atoms with Gasteiger partial charge in [0.15, 0.2) is 0 Å². The molecule has 0 bridgehead atoms. The first-order valence-corrected chi connectivity index (χ1v) is 8.62. The Bertz CT molecular complexity index is 629. The SMILES string of the molecule is CCCCN(CCCC)C(=O)Cc1coc(-c2ccc(F)cc2)n1. The number of benzene rings is 1. The van der Waals surface area contributed by atoms with Gasteiger partial charge < -0.3 is 9.32 Å². The Hall–Kier alpha value is -2.17. The molecule has 0 atom stereocenters. The summed E-state index contributed by atoms with van der Waals surface area (Å²) in [5.74, 6) is 0.186. The van der Waals surface area contributed by atoms with Crippen molar-refractivity contribution in [1.82, 2.24) is 9.88 Å². The second-order valence-electron chi connectivity index (χ2n) is 5.92. The Kier molecular flexibility index (Phi) is 6.97. The van der Waals surface area contributed by atoms with Gasteiger partial charge in [0.1, 0.15) is 12.1 Å². The molecule has 0 aliphatic rings. The van der Waals surface area contributed by atoms with Gasteiger partial charge in [-0.15, -0.1) is 0 Å². The molecule has 0 radical (unpaired) electrons. The quantitative estimate of drug-likeness (QED) is 0.681. The minimum Gasteiger partial charge on any atom is -0.444 e. The molecule has 5 heteroatoms. The van der Waals surface area contributed by atoms with Crippen LogP contribution in [0.25, 0.3) is 11.5 Å². The fraction of sp³-hybridized carbons (Fsp3) is 0.474. The molecule has 1 aromatic carbocycles. The largest absolute Gasteiger partial charge is 0.444 e. The number of carbonyl (C=O) groups excluding carboxylic acids is 1. The number of hydrogen-bond acceptors (Lipinski definition) is 3. The molecule has 0 N–H and O–H groups in total. The summed E-state index contributed by atoms with van der Waals surface area (Å²) in [5.41, 5.74) is 1.31. The lowest BCUT2D eigenvalue weighted by Crippen LogP contribution is -2.34. The van der Waals surface area contributed by atoms with Crippen LogP contribution in [0.2, 0.25) is 0 Å². The molecule has 0 spiro atoms. The minimum atomic E-state index is -0.303. The zero-order valence-electron chi connectivity index (χ0n) is 14.4. The summed E-state index contributed by atoms with van der Waals surface area (Å²) in [6.45, 7) is 5.82. The highest BCUT2D eigenvalue weighted by Gasteiger charge is 2.16. The van der Waals surface area contributed by atoms with Crippen LogP contribution >= 0.6 is 0 Å². The van der Waals surface area contributed by atoms with E-state index in [4.69, 9.17) is 4.42 Å². The van der Waals surface area contributed by atoms with E-state index < -0.39 is 0 Å². The van der Waals surface area contributed by atoms with Gasteiger partial charge in [-0.1, -0.05) is 26.7 Å². The van der Waals surface area contributed by atoms with Crippen LogP contribution < -0.4 is 0 Å². The van der Waals surface area contributed by atoms with Crippen LogP contribution in [0.3, 0.4) is 0 Å². The smallest absolute Gasteiger partial charge is 0.228 e. The van der Waals surface area contributed by atoms with Crippen LogP contribution in [-0.2, 0) is 11.2 Å². The van der Waals surface area contributed by atoms with Gasteiger partial charge in [-0.3, -0.25) is 4.79 Å². The normalized spacial score (nSPS) is 10.8. The lowest BCUT2D eigenvalue weighted by atomic mass is 10.2. The highest BCUT2D eigenvalue weighted by atomic mass is 19.1. The van der Waals surface area contributed by atoms with Crippen LogP contribution in [0.1, 0.15) is 45.2 Å². The van der Waals surface area contributed by atoms with Crippen LogP contribution in [0.5, 0.6) is 0 Å². The van der Waals surface area contributed by atoms with Crippen molar-refractivity contribution in [2.45, 2.75) is 46.0 Å². The third-order valence-electron chi connectivity index (χ3n) is 3.89. The van der Waals surface area contributed by atoms with E-state index in [1.807, 2.05) is 4.90 Å². The first-order chi connectivity index (χ1) is 11.6. The molecule has 4 nitrogen and oxygen atoms in total. The van der Waals surface area contributed by atoms with E-state index in [9.17, 15) is 9.18 Å². The lowest BCUT2D eigenvalue weighted by Gasteiger charge is -2.22. The maximum atomic E-state index is 13.0. The zero-order valence-corrected chi connectivity index (χ0v) is 14.4. The van der Waals surface area contributed by atoms with Gasteiger partial charge in [-0.05, 0) is 37.1 Å². The van der Waals surface area contributed by atoms with Crippen LogP contribution in [-0.4, -0.2) is 28.9 Å². The van der Waals surface area contributed by atoms with Gasteiger partial charge in [0.2, 0.25) is 11.8 Å². The number of carbonyl (C=O) groups is 1. The number of rotatable bonds is 9. The number of hydrogen-bond donors (Lipinski definition) is 0. The van der Waals surface area contributed by atoms with Gasteiger partial charge in [0, 0.05) is 18.7 Å². The summed E-state index contributed by atoms with van der Waals surface area (Å²) in [6, 6.07) is 5.95. The molecule has 0 saturated heterocycles. The second kappa shape index (κ2) is 9.21. The molecule has 1 heterocycles. The van der Waals surface area contributed by atoms with Crippen molar-refractivity contribution in [3.63, 3.8) is 0 Å². The molecule has 130 valence electrons. The third-order valence-corrected chi connectivity index (χ3v) is 3.89. The molecule has 1 amide bonds. The molecule has 1 aromatic heterocycles. The number of amides is 1. The summed E-state index contributed by atoms with van der Waals surface area (Å²) in [4.78, 5) is 18.8. The lowest BCUT2D eigenvalue weighted by molar-refractivity contribution is -0.130. The summed E-state index contributed by atoms with van der Waals surface area (Å²) >= 11 is 0. The number of oxazole rings is 1. The highest BCUT2D eigenvalue weighted by Crippen LogP contribution is 2.19. The zero-order chi connectivity index (χ0) is 17.4. The Labute approximate surface area is 142 Å². The van der Waals surface area contributed by atoms with Crippen LogP contribution in [0.4, 0.5) is 4.39 Å². The van der Waals surface area contributed by atoms with Crippen LogP contribution in [0, 0.1) is 5.82 Å². The van der Waals surface area contributed by atoms with E-state index in [-0.39, 0.29) is 18.1 Å². The maximum absolute atomic E-state index is 13.0. The Morgan fingerprint density at radius 1 is 1.12 bits per heavy atom. The fourth-order valence-corrected chi connectivity index (χ4v) is 2.44. The third kappa shape index (κ3) is 5.18. The topological polar surface area (TPSA) is 46.3 Å². The molecular weight excluding hydrogens is 307 g/mol. The summed E-state index contributed by atoms with van der Waals surface area (Å²) in [5, 5.41) is 0. The van der Waals surface area contributed by atoms with Crippen LogP contribution in [0.15, 0.2) is 34.9 Å². The van der Waals surface area contributed by atoms with Crippen molar-refractivity contribution in [3.05, 3.63) is 42.0 Å². The Morgan fingerprint density at radius 3 is 2.33 bits per heavy atom. The highest BCUT2D eigenvalue weighted by molar-refractivity contribution is 5.78. The Morgan fingerprint density at radius 2 is 1.75 bits per heavy atom. The number of unbranched alkanes of at least 4 members (excludes halogenated alkanes) is 2. The minimum absolute atomic E-state index is 0.0795. The van der Waals surface area contributed by atoms with E-state index in [1.54, 1.807) is 12.1 Å². The molecule has 0 saturated carbocycles. The molecule has 0 unspecified atom stereocenters. The van der Waals surface area contributed by atoms with E-state index >= 15 is 0 Å². The molecular formula is C19H25FN2O2. The molecule has 2 aromatic rings. The fourth-order valence-electron chi connectivity index (χ4n) is 2.44. The molecule has 24 heavy (non-hydrogen) atoms. The Balaban J connectivity index is 2.01. The number of nitrogens with zero attached hydrogens (tertiary/aromatic N) is 2. The predicted molar refractivity (Wildman–Crippen MR) is 92.0 cm³/mol. The van der Waals surface area contributed by atoms with Crippen molar-refractivity contribution < 1.29 is 13.6 Å². The van der Waals surface area contributed by atoms with E-state index in [2.05, 4.69) is 18.8 Å². The summed E-state index contributed by atoms with van der Waals surface area (Å²) in [7, 11) is 0. The van der Waals surface area contributed by atoms with E-state index in [1.165, 1.54) is 18.4 Å². The molecule has 0 aliphatic heterocycles. The van der Waals surface area contributed by atoms with Gasteiger partial charge in [-0.2, -0.15) is 0 Å². The number of aromatic nitrogens is 1. The van der Waals surface area contributed by atoms with Crippen molar-refractivity contribution in [3.8, 4) is 11.5 Å². The van der Waals surface area contributed by atoms with Crippen molar-refractivity contribution in [2.24, 2.45) is 0 Å². The molecule has 0 aliphatic carbocycles. The monoisotopic (exact) mass is 332 g/mol. The van der Waals surface area contributed by atoms with E-state index in [0.29, 0.717) is 17.1 Å². The first-order valence-electron chi connectivity index (χ1n) is 8.62. The summed E-state index contributed by atoms with van der Waals surface area (Å²) < 4.78 is 18.4. The summed E-state index contributed by atoms with van der Waals surface area (Å²) in [6.07, 6.45) is 5.89. The van der Waals surface area contributed by atoms with Gasteiger partial charge >= 0.3 is 0 Å². The predicted octanol–water partition coefficient (Wildman–Crippen LogP) is 4.45. The molecule has 2 rings (SSSR count). The average molecular weight is 332 g/mol. The maximum Gasteiger partial charge on any atom is 0.228 e. The average Bonchev–Trinajstić information content (AvgIpc) is 3.04. The van der Waals surface area contributed by atoms with E-state index in [0.717, 1.165) is 38.8 Å². The van der Waals surface area contributed by atoms with Gasteiger partial charge in [0.05, 0.1) is 12.1 Å². The van der Waals surface area contributed by atoms with Gasteiger partial charge in [-0.25, -0.2) is 9.37 Å². The van der Waals surface area contributed by atoms with Crippen molar-refractivity contribution in [2.75, 3.05) is 13.1 Å². The van der Waals surface area contributed by atoms with Crippen molar-refractivity contribution in [1.29, 1.82) is 0 Å². The standard InChI is InChI=1S/C19H25FN2O2/c1-3-5-11-22(12-6-4-2)18(23)13-17-14-24-19(21-17)15-7-9-16(20)10-8-15/h7-10,14H,3-6,11-13H2,1-2H3. The second-order valence-corrected chi connectivity index (χ2v) is 5.92. The van der Waals surface area contributed by atoms with Crippen molar-refractivity contribution >= 4 is 5.91 Å². The molecule has 0 fully saturated rings.